The van der Waals surface area contributed by atoms with Crippen LogP contribution in [0.1, 0.15) is 35.3 Å². The fourth-order valence-corrected chi connectivity index (χ4v) is 2.24. The summed E-state index contributed by atoms with van der Waals surface area (Å²) in [6.45, 7) is 8.81. The van der Waals surface area contributed by atoms with Gasteiger partial charge in [-0.3, -0.25) is 14.4 Å². The zero-order valence-corrected chi connectivity index (χ0v) is 15.2. The molecule has 0 radical (unpaired) electrons. The topological polar surface area (TPSA) is 69.7 Å². The van der Waals surface area contributed by atoms with Crippen molar-refractivity contribution in [1.29, 1.82) is 0 Å². The maximum absolute atomic E-state index is 12.1. The molecule has 3 amide bonds. The molecule has 0 atom stereocenters. The first-order valence-electron chi connectivity index (χ1n) is 8.17. The molecule has 0 aliphatic carbocycles. The fourth-order valence-electron chi connectivity index (χ4n) is 2.24. The second-order valence-electron chi connectivity index (χ2n) is 5.80. The number of rotatable bonds is 7. The van der Waals surface area contributed by atoms with Gasteiger partial charge in [-0.05, 0) is 51.0 Å². The molecular weight excluding hydrogens is 306 g/mol. The van der Waals surface area contributed by atoms with Crippen LogP contribution in [0.15, 0.2) is 18.2 Å². The van der Waals surface area contributed by atoms with Crippen molar-refractivity contribution in [3.63, 3.8) is 0 Å². The van der Waals surface area contributed by atoms with Gasteiger partial charge in [0, 0.05) is 25.7 Å². The predicted molar refractivity (Wildman–Crippen MR) is 93.8 cm³/mol. The second kappa shape index (κ2) is 9.05. The zero-order chi connectivity index (χ0) is 18.3. The Morgan fingerprint density at radius 1 is 1.00 bits per heavy atom. The summed E-state index contributed by atoms with van der Waals surface area (Å²) in [5, 5.41) is 2.60. The lowest BCUT2D eigenvalue weighted by atomic mass is 10.1. The van der Waals surface area contributed by atoms with E-state index in [1.165, 1.54) is 4.90 Å². The standard InChI is InChI=1S/C18H27N3O3/c1-6-21(7-2)17(23)12-20(5)16(22)11-19-18(24)15-9-8-13(3)14(4)10-15/h8-10H,6-7,11-12H2,1-5H3,(H,19,24). The third-order valence-electron chi connectivity index (χ3n) is 4.08. The van der Waals surface area contributed by atoms with Crippen molar-refractivity contribution in [2.24, 2.45) is 0 Å². The van der Waals surface area contributed by atoms with Crippen molar-refractivity contribution in [1.82, 2.24) is 15.1 Å². The Hall–Kier alpha value is -2.37. The largest absolute Gasteiger partial charge is 0.343 e. The van der Waals surface area contributed by atoms with Gasteiger partial charge < -0.3 is 15.1 Å². The molecule has 0 fully saturated rings. The molecule has 24 heavy (non-hydrogen) atoms. The van der Waals surface area contributed by atoms with Crippen molar-refractivity contribution >= 4 is 17.7 Å². The molecule has 1 aromatic carbocycles. The quantitative estimate of drug-likeness (QED) is 0.819. The third kappa shape index (κ3) is 5.37. The molecule has 132 valence electrons. The number of benzene rings is 1. The summed E-state index contributed by atoms with van der Waals surface area (Å²) in [7, 11) is 1.56. The van der Waals surface area contributed by atoms with Crippen LogP contribution in [0.4, 0.5) is 0 Å². The molecule has 6 nitrogen and oxygen atoms in total. The molecular formula is C18H27N3O3. The molecule has 0 heterocycles. The number of hydrogen-bond donors (Lipinski definition) is 1. The van der Waals surface area contributed by atoms with E-state index in [9.17, 15) is 14.4 Å². The summed E-state index contributed by atoms with van der Waals surface area (Å²) < 4.78 is 0. The first-order valence-corrected chi connectivity index (χ1v) is 8.17. The van der Waals surface area contributed by atoms with Gasteiger partial charge in [-0.2, -0.15) is 0 Å². The van der Waals surface area contributed by atoms with Gasteiger partial charge in [0.25, 0.3) is 5.91 Å². The average Bonchev–Trinajstić information content (AvgIpc) is 2.55. The van der Waals surface area contributed by atoms with E-state index in [-0.39, 0.29) is 30.8 Å². The van der Waals surface area contributed by atoms with E-state index in [0.29, 0.717) is 18.7 Å². The van der Waals surface area contributed by atoms with Gasteiger partial charge in [-0.15, -0.1) is 0 Å². The van der Waals surface area contributed by atoms with Gasteiger partial charge in [0.2, 0.25) is 11.8 Å². The Balaban J connectivity index is 2.54. The lowest BCUT2D eigenvalue weighted by Gasteiger charge is -2.23. The van der Waals surface area contributed by atoms with Crippen LogP contribution in [0.3, 0.4) is 0 Å². The van der Waals surface area contributed by atoms with Crippen LogP contribution in [-0.4, -0.2) is 60.7 Å². The number of nitrogens with one attached hydrogen (secondary N) is 1. The lowest BCUT2D eigenvalue weighted by Crippen LogP contribution is -2.44. The van der Waals surface area contributed by atoms with Crippen LogP contribution in [0.2, 0.25) is 0 Å². The highest BCUT2D eigenvalue weighted by Gasteiger charge is 2.17. The molecule has 0 saturated carbocycles. The van der Waals surface area contributed by atoms with Crippen molar-refractivity contribution in [2.45, 2.75) is 27.7 Å². The summed E-state index contributed by atoms with van der Waals surface area (Å²) in [6, 6.07) is 5.40. The molecule has 0 unspecified atom stereocenters. The molecule has 1 rings (SSSR count). The number of carbonyl (C=O) groups excluding carboxylic acids is 3. The number of nitrogens with zero attached hydrogens (tertiary/aromatic N) is 2. The van der Waals surface area contributed by atoms with Crippen molar-refractivity contribution in [2.75, 3.05) is 33.2 Å². The molecule has 0 aromatic heterocycles. The van der Waals surface area contributed by atoms with E-state index in [1.54, 1.807) is 24.1 Å². The Labute approximate surface area is 143 Å². The second-order valence-corrected chi connectivity index (χ2v) is 5.80. The number of hydrogen-bond acceptors (Lipinski definition) is 3. The van der Waals surface area contributed by atoms with Crippen LogP contribution < -0.4 is 5.32 Å². The van der Waals surface area contributed by atoms with Crippen molar-refractivity contribution in [3.8, 4) is 0 Å². The van der Waals surface area contributed by atoms with Crippen LogP contribution in [-0.2, 0) is 9.59 Å². The Morgan fingerprint density at radius 3 is 2.17 bits per heavy atom. The summed E-state index contributed by atoms with van der Waals surface area (Å²) in [4.78, 5) is 39.2. The van der Waals surface area contributed by atoms with Crippen molar-refractivity contribution in [3.05, 3.63) is 34.9 Å². The van der Waals surface area contributed by atoms with E-state index in [4.69, 9.17) is 0 Å². The number of carbonyl (C=O) groups is 3. The fraction of sp³-hybridized carbons (Fsp3) is 0.500. The molecule has 0 aliphatic rings. The van der Waals surface area contributed by atoms with Crippen LogP contribution in [0.5, 0.6) is 0 Å². The first-order chi connectivity index (χ1) is 11.3. The van der Waals surface area contributed by atoms with Crippen LogP contribution in [0, 0.1) is 13.8 Å². The highest BCUT2D eigenvalue weighted by atomic mass is 16.2. The van der Waals surface area contributed by atoms with E-state index >= 15 is 0 Å². The minimum atomic E-state index is -0.298. The average molecular weight is 333 g/mol. The minimum absolute atomic E-state index is 0.0139. The summed E-state index contributed by atoms with van der Waals surface area (Å²) in [6.07, 6.45) is 0. The highest BCUT2D eigenvalue weighted by Crippen LogP contribution is 2.09. The van der Waals surface area contributed by atoms with E-state index < -0.39 is 0 Å². The van der Waals surface area contributed by atoms with Crippen LogP contribution in [0.25, 0.3) is 0 Å². The summed E-state index contributed by atoms with van der Waals surface area (Å²) in [5.41, 5.74) is 2.65. The number of amides is 3. The molecule has 0 bridgehead atoms. The first kappa shape index (κ1) is 19.7. The minimum Gasteiger partial charge on any atom is -0.343 e. The maximum atomic E-state index is 12.1. The Bertz CT molecular complexity index is 610. The predicted octanol–water partition coefficient (Wildman–Crippen LogP) is 1.36. The highest BCUT2D eigenvalue weighted by molar-refractivity contribution is 5.97. The van der Waals surface area contributed by atoms with Gasteiger partial charge in [0.05, 0.1) is 13.1 Å². The molecule has 1 N–H and O–H groups in total. The number of likely N-dealkylation sites (N-methyl/N-ethyl adjacent to an activating group) is 2. The van der Waals surface area contributed by atoms with Crippen molar-refractivity contribution < 1.29 is 14.4 Å². The van der Waals surface area contributed by atoms with Gasteiger partial charge in [0.1, 0.15) is 0 Å². The van der Waals surface area contributed by atoms with Gasteiger partial charge >= 0.3 is 0 Å². The SMILES string of the molecule is CCN(CC)C(=O)CN(C)C(=O)CNC(=O)c1ccc(C)c(C)c1. The maximum Gasteiger partial charge on any atom is 0.251 e. The van der Waals surface area contributed by atoms with Gasteiger partial charge in [-0.25, -0.2) is 0 Å². The van der Waals surface area contributed by atoms with E-state index in [1.807, 2.05) is 33.8 Å². The normalized spacial score (nSPS) is 10.2. The molecule has 0 saturated heterocycles. The third-order valence-corrected chi connectivity index (χ3v) is 4.08. The summed E-state index contributed by atoms with van der Waals surface area (Å²) in [5.74, 6) is -0.695. The smallest absolute Gasteiger partial charge is 0.251 e. The molecule has 0 spiro atoms. The number of aryl methyl sites for hydroxylation is 2. The molecule has 1 aromatic rings. The van der Waals surface area contributed by atoms with E-state index in [2.05, 4.69) is 5.32 Å². The van der Waals surface area contributed by atoms with E-state index in [0.717, 1.165) is 11.1 Å². The lowest BCUT2D eigenvalue weighted by molar-refractivity contribution is -0.138. The summed E-state index contributed by atoms with van der Waals surface area (Å²) >= 11 is 0. The Kier molecular flexibility index (Phi) is 7.42. The monoisotopic (exact) mass is 333 g/mol. The zero-order valence-electron chi connectivity index (χ0n) is 15.2. The Morgan fingerprint density at radius 2 is 1.62 bits per heavy atom. The van der Waals surface area contributed by atoms with Gasteiger partial charge in [-0.1, -0.05) is 6.07 Å². The van der Waals surface area contributed by atoms with Gasteiger partial charge in [0.15, 0.2) is 0 Å². The molecule has 6 heteroatoms. The molecule has 0 aliphatic heterocycles. The van der Waals surface area contributed by atoms with Crippen LogP contribution >= 0.6 is 0 Å².